The van der Waals surface area contributed by atoms with E-state index in [4.69, 9.17) is 12.2 Å². The summed E-state index contributed by atoms with van der Waals surface area (Å²) in [5, 5.41) is 8.21. The van der Waals surface area contributed by atoms with Gasteiger partial charge in [0.2, 0.25) is 11.0 Å². The van der Waals surface area contributed by atoms with Crippen LogP contribution in [0, 0.1) is 3.95 Å². The topological polar surface area (TPSA) is 81.1 Å². The van der Waals surface area contributed by atoms with Crippen molar-refractivity contribution in [1.29, 1.82) is 0 Å². The zero-order chi connectivity index (χ0) is 16.6. The van der Waals surface area contributed by atoms with Gasteiger partial charge in [0.1, 0.15) is 0 Å². The van der Waals surface area contributed by atoms with Crippen molar-refractivity contribution in [2.45, 2.75) is 11.8 Å². The number of fused-ring (bicyclic) bond motifs is 1. The van der Waals surface area contributed by atoms with E-state index in [9.17, 15) is 13.2 Å². The summed E-state index contributed by atoms with van der Waals surface area (Å²) in [5.41, 5.74) is 0. The Morgan fingerprint density at radius 2 is 1.91 bits per heavy atom. The third kappa shape index (κ3) is 3.03. The molecule has 0 unspecified atom stereocenters. The molecule has 118 valence electrons. The summed E-state index contributed by atoms with van der Waals surface area (Å²) in [4.78, 5) is 11.2. The third-order valence-electron chi connectivity index (χ3n) is 3.05. The van der Waals surface area contributed by atoms with Crippen molar-refractivity contribution in [2.24, 2.45) is 0 Å². The predicted octanol–water partition coefficient (Wildman–Crippen LogP) is 3.02. The van der Waals surface area contributed by atoms with Crippen LogP contribution in [-0.4, -0.2) is 23.5 Å². The van der Waals surface area contributed by atoms with E-state index in [1.54, 1.807) is 12.1 Å². The smallest absolute Gasteiger partial charge is 0.285 e. The van der Waals surface area contributed by atoms with E-state index >= 15 is 0 Å². The van der Waals surface area contributed by atoms with Crippen LogP contribution in [0.15, 0.2) is 47.4 Å². The van der Waals surface area contributed by atoms with Crippen LogP contribution >= 0.6 is 23.6 Å². The number of carbonyl (C=O) groups excluding carboxylic acids is 1. The van der Waals surface area contributed by atoms with Gasteiger partial charge >= 0.3 is 0 Å². The van der Waals surface area contributed by atoms with E-state index in [0.717, 1.165) is 26.2 Å². The van der Waals surface area contributed by atoms with Gasteiger partial charge in [-0.25, -0.2) is 0 Å². The van der Waals surface area contributed by atoms with Gasteiger partial charge < -0.3 is 5.32 Å². The molecule has 1 N–H and O–H groups in total. The molecule has 0 atom stereocenters. The summed E-state index contributed by atoms with van der Waals surface area (Å²) in [7, 11) is -3.92. The van der Waals surface area contributed by atoms with Gasteiger partial charge in [0.15, 0.2) is 3.95 Å². The molecule has 1 amide bonds. The van der Waals surface area contributed by atoms with Crippen molar-refractivity contribution in [3.05, 3.63) is 46.4 Å². The van der Waals surface area contributed by atoms with Gasteiger partial charge in [0, 0.05) is 6.92 Å². The first-order chi connectivity index (χ1) is 10.9. The Morgan fingerprint density at radius 1 is 1.22 bits per heavy atom. The second kappa shape index (κ2) is 5.84. The molecule has 0 radical (unpaired) electrons. The number of hydrogen-bond acceptors (Lipinski definition) is 6. The lowest BCUT2D eigenvalue weighted by molar-refractivity contribution is -0.114. The van der Waals surface area contributed by atoms with Crippen molar-refractivity contribution in [1.82, 2.24) is 9.19 Å². The molecule has 3 aromatic rings. The average Bonchev–Trinajstić information content (AvgIpc) is 2.87. The molecule has 0 aliphatic carbocycles. The molecule has 0 aliphatic rings. The SMILES string of the molecule is CC(=O)Nc1nn(S(=O)(=O)c2ccc3ccccc3c2)c(=S)s1. The van der Waals surface area contributed by atoms with Crippen LogP contribution in [0.3, 0.4) is 0 Å². The molecule has 1 heterocycles. The molecule has 23 heavy (non-hydrogen) atoms. The van der Waals surface area contributed by atoms with Gasteiger partial charge in [0.05, 0.1) is 4.90 Å². The number of aromatic nitrogens is 2. The van der Waals surface area contributed by atoms with E-state index in [1.807, 2.05) is 24.3 Å². The van der Waals surface area contributed by atoms with E-state index < -0.39 is 10.0 Å². The number of nitrogens with zero attached hydrogens (tertiary/aromatic N) is 2. The van der Waals surface area contributed by atoms with Crippen molar-refractivity contribution < 1.29 is 13.2 Å². The third-order valence-corrected chi connectivity index (χ3v) is 6.00. The van der Waals surface area contributed by atoms with Crippen LogP contribution in [0.2, 0.25) is 0 Å². The second-order valence-corrected chi connectivity index (χ2v) is 8.10. The minimum Gasteiger partial charge on any atom is -0.301 e. The second-order valence-electron chi connectivity index (χ2n) is 4.71. The monoisotopic (exact) mass is 365 g/mol. The Kier molecular flexibility index (Phi) is 4.00. The highest BCUT2D eigenvalue weighted by Crippen LogP contribution is 2.23. The lowest BCUT2D eigenvalue weighted by Crippen LogP contribution is -2.15. The zero-order valence-electron chi connectivity index (χ0n) is 11.9. The molecule has 3 rings (SSSR count). The van der Waals surface area contributed by atoms with E-state index in [-0.39, 0.29) is 19.9 Å². The molecular formula is C14H11N3O3S3. The Morgan fingerprint density at radius 3 is 2.61 bits per heavy atom. The molecular weight excluding hydrogens is 354 g/mol. The fraction of sp³-hybridized carbons (Fsp3) is 0.0714. The Labute approximate surface area is 141 Å². The zero-order valence-corrected chi connectivity index (χ0v) is 14.3. The van der Waals surface area contributed by atoms with Crippen LogP contribution in [0.5, 0.6) is 0 Å². The molecule has 0 spiro atoms. The minimum absolute atomic E-state index is 0.0434. The molecule has 0 fully saturated rings. The number of hydrogen-bond donors (Lipinski definition) is 1. The maximum Gasteiger partial charge on any atom is 0.285 e. The maximum atomic E-state index is 12.7. The molecule has 1 aromatic heterocycles. The summed E-state index contributed by atoms with van der Waals surface area (Å²) in [6.07, 6.45) is 0. The molecule has 0 saturated heterocycles. The van der Waals surface area contributed by atoms with Crippen LogP contribution < -0.4 is 5.32 Å². The summed E-state index contributed by atoms with van der Waals surface area (Å²) in [5.74, 6) is -0.344. The van der Waals surface area contributed by atoms with Crippen molar-refractivity contribution in [3.63, 3.8) is 0 Å². The maximum absolute atomic E-state index is 12.7. The molecule has 0 aliphatic heterocycles. The number of amides is 1. The summed E-state index contributed by atoms with van der Waals surface area (Å²) in [6, 6.07) is 12.3. The highest BCUT2D eigenvalue weighted by atomic mass is 32.2. The number of benzene rings is 2. The highest BCUT2D eigenvalue weighted by Gasteiger charge is 2.21. The standard InChI is InChI=1S/C14H11N3O3S3/c1-9(18)15-13-16-17(14(21)22-13)23(19,20)12-7-6-10-4-2-3-5-11(10)8-12/h2-8H,1H3,(H,15,16,18). The molecule has 0 bridgehead atoms. The predicted molar refractivity (Wildman–Crippen MR) is 91.8 cm³/mol. The summed E-state index contributed by atoms with van der Waals surface area (Å²) < 4.78 is 26.3. The largest absolute Gasteiger partial charge is 0.301 e. The van der Waals surface area contributed by atoms with Gasteiger partial charge in [-0.1, -0.05) is 41.7 Å². The Balaban J connectivity index is 2.11. The lowest BCUT2D eigenvalue weighted by atomic mass is 10.1. The van der Waals surface area contributed by atoms with Gasteiger partial charge in [-0.05, 0) is 35.1 Å². The summed E-state index contributed by atoms with van der Waals surface area (Å²) >= 11 is 5.98. The fourth-order valence-electron chi connectivity index (χ4n) is 2.05. The highest BCUT2D eigenvalue weighted by molar-refractivity contribution is 7.90. The van der Waals surface area contributed by atoms with E-state index in [1.165, 1.54) is 13.0 Å². The summed E-state index contributed by atoms with van der Waals surface area (Å²) in [6.45, 7) is 1.31. The van der Waals surface area contributed by atoms with Gasteiger partial charge in [-0.3, -0.25) is 4.79 Å². The normalized spacial score (nSPS) is 11.5. The first-order valence-electron chi connectivity index (χ1n) is 6.50. The first-order valence-corrected chi connectivity index (χ1v) is 9.16. The first kappa shape index (κ1) is 15.8. The van der Waals surface area contributed by atoms with Crippen LogP contribution in [0.1, 0.15) is 6.92 Å². The van der Waals surface area contributed by atoms with Gasteiger partial charge in [-0.2, -0.15) is 8.42 Å². The van der Waals surface area contributed by atoms with Crippen LogP contribution in [0.25, 0.3) is 10.8 Å². The van der Waals surface area contributed by atoms with Gasteiger partial charge in [-0.15, -0.1) is 9.19 Å². The van der Waals surface area contributed by atoms with Crippen molar-refractivity contribution in [3.8, 4) is 0 Å². The quantitative estimate of drug-likeness (QED) is 0.722. The van der Waals surface area contributed by atoms with E-state index in [2.05, 4.69) is 10.4 Å². The van der Waals surface area contributed by atoms with Crippen LogP contribution in [-0.2, 0) is 14.8 Å². The fourth-order valence-corrected chi connectivity index (χ4v) is 4.78. The van der Waals surface area contributed by atoms with Gasteiger partial charge in [0.25, 0.3) is 10.0 Å². The Bertz CT molecular complexity index is 1070. The number of rotatable bonds is 3. The average molecular weight is 365 g/mol. The van der Waals surface area contributed by atoms with Crippen LogP contribution in [0.4, 0.5) is 5.13 Å². The number of carbonyl (C=O) groups is 1. The van der Waals surface area contributed by atoms with Crippen molar-refractivity contribution >= 4 is 55.4 Å². The lowest BCUT2D eigenvalue weighted by Gasteiger charge is -2.05. The Hall–Kier alpha value is -2.10. The molecule has 0 saturated carbocycles. The molecule has 6 nitrogen and oxygen atoms in total. The number of nitrogens with one attached hydrogen (secondary N) is 1. The van der Waals surface area contributed by atoms with Crippen molar-refractivity contribution in [2.75, 3.05) is 5.32 Å². The molecule has 9 heteroatoms. The molecule has 2 aromatic carbocycles. The van der Waals surface area contributed by atoms with E-state index in [0.29, 0.717) is 0 Å². The minimum atomic E-state index is -3.92. The number of anilines is 1.